The van der Waals surface area contributed by atoms with Crippen LogP contribution in [0.25, 0.3) is 0 Å². The zero-order valence-corrected chi connectivity index (χ0v) is 12.5. The minimum atomic E-state index is -0.150. The molecule has 1 aromatic heterocycles. The third-order valence-electron chi connectivity index (χ3n) is 4.69. The Morgan fingerprint density at radius 2 is 1.28 bits per heavy atom. The Labute approximate surface area is 110 Å². The van der Waals surface area contributed by atoms with E-state index in [2.05, 4.69) is 46.5 Å². The fourth-order valence-electron chi connectivity index (χ4n) is 2.50. The molecule has 18 heavy (non-hydrogen) atoms. The summed E-state index contributed by atoms with van der Waals surface area (Å²) < 4.78 is 0. The highest BCUT2D eigenvalue weighted by atomic mass is 16.3. The van der Waals surface area contributed by atoms with Crippen molar-refractivity contribution in [3.63, 3.8) is 0 Å². The molecular formula is C15H27NO2. The van der Waals surface area contributed by atoms with E-state index >= 15 is 0 Å². The first-order valence-corrected chi connectivity index (χ1v) is 6.88. The summed E-state index contributed by atoms with van der Waals surface area (Å²) in [6, 6.07) is 0. The Morgan fingerprint density at radius 3 is 1.67 bits per heavy atom. The van der Waals surface area contributed by atoms with Crippen molar-refractivity contribution in [2.24, 2.45) is 0 Å². The van der Waals surface area contributed by atoms with Crippen molar-refractivity contribution in [2.45, 2.75) is 71.6 Å². The van der Waals surface area contributed by atoms with Gasteiger partial charge in [-0.1, -0.05) is 41.5 Å². The van der Waals surface area contributed by atoms with E-state index in [-0.39, 0.29) is 22.6 Å². The van der Waals surface area contributed by atoms with Crippen LogP contribution in [0, 0.1) is 0 Å². The van der Waals surface area contributed by atoms with Gasteiger partial charge in [0.2, 0.25) is 0 Å². The van der Waals surface area contributed by atoms with Crippen LogP contribution >= 0.6 is 0 Å². The van der Waals surface area contributed by atoms with Crippen LogP contribution in [0.5, 0.6) is 11.8 Å². The fourth-order valence-corrected chi connectivity index (χ4v) is 2.50. The van der Waals surface area contributed by atoms with Gasteiger partial charge >= 0.3 is 0 Å². The molecule has 0 amide bonds. The maximum absolute atomic E-state index is 10.2. The standard InChI is InChI=1S/C15H27NO2/c1-7-14(4,5)10-11(13(18)16-12(10)17)15(6,8-2)9-3/h16-18H,7-9H2,1-6H3. The maximum atomic E-state index is 10.2. The lowest BCUT2D eigenvalue weighted by molar-refractivity contribution is 0.379. The van der Waals surface area contributed by atoms with Gasteiger partial charge in [-0.3, -0.25) is 4.98 Å². The molecule has 0 aromatic carbocycles. The van der Waals surface area contributed by atoms with Gasteiger partial charge in [0, 0.05) is 11.1 Å². The van der Waals surface area contributed by atoms with Crippen LogP contribution in [-0.2, 0) is 10.8 Å². The van der Waals surface area contributed by atoms with Gasteiger partial charge in [-0.15, -0.1) is 0 Å². The minimum absolute atomic E-state index is 0.108. The molecule has 1 rings (SSSR count). The summed E-state index contributed by atoms with van der Waals surface area (Å²) in [6.45, 7) is 12.7. The van der Waals surface area contributed by atoms with Gasteiger partial charge in [-0.05, 0) is 30.1 Å². The van der Waals surface area contributed by atoms with Gasteiger partial charge in [0.05, 0.1) is 0 Å². The predicted octanol–water partition coefficient (Wildman–Crippen LogP) is 4.19. The number of nitrogens with one attached hydrogen (secondary N) is 1. The fraction of sp³-hybridized carbons (Fsp3) is 0.733. The Kier molecular flexibility index (Phi) is 4.04. The van der Waals surface area contributed by atoms with Crippen LogP contribution in [0.15, 0.2) is 0 Å². The van der Waals surface area contributed by atoms with Crippen LogP contribution < -0.4 is 0 Å². The van der Waals surface area contributed by atoms with E-state index < -0.39 is 0 Å². The monoisotopic (exact) mass is 253 g/mol. The highest BCUT2D eigenvalue weighted by Crippen LogP contribution is 2.48. The van der Waals surface area contributed by atoms with Crippen molar-refractivity contribution in [1.29, 1.82) is 0 Å². The second-order valence-corrected chi connectivity index (χ2v) is 6.08. The second-order valence-electron chi connectivity index (χ2n) is 6.08. The van der Waals surface area contributed by atoms with Gasteiger partial charge in [0.1, 0.15) is 0 Å². The van der Waals surface area contributed by atoms with Crippen LogP contribution in [0.2, 0.25) is 0 Å². The van der Waals surface area contributed by atoms with E-state index in [9.17, 15) is 10.2 Å². The van der Waals surface area contributed by atoms with Crippen LogP contribution in [0.3, 0.4) is 0 Å². The first-order valence-electron chi connectivity index (χ1n) is 6.88. The quantitative estimate of drug-likeness (QED) is 0.737. The van der Waals surface area contributed by atoms with Crippen LogP contribution in [-0.4, -0.2) is 15.2 Å². The number of aromatic nitrogens is 1. The molecular weight excluding hydrogens is 226 g/mol. The molecule has 0 aliphatic heterocycles. The lowest BCUT2D eigenvalue weighted by Gasteiger charge is -2.32. The van der Waals surface area contributed by atoms with Crippen molar-refractivity contribution in [2.75, 3.05) is 0 Å². The summed E-state index contributed by atoms with van der Waals surface area (Å²) in [5.74, 6) is 0.234. The summed E-state index contributed by atoms with van der Waals surface area (Å²) in [7, 11) is 0. The lowest BCUT2D eigenvalue weighted by Crippen LogP contribution is -2.26. The molecule has 0 radical (unpaired) electrons. The number of hydrogen-bond donors (Lipinski definition) is 3. The third kappa shape index (κ3) is 2.23. The third-order valence-corrected chi connectivity index (χ3v) is 4.69. The topological polar surface area (TPSA) is 56.2 Å². The van der Waals surface area contributed by atoms with Crippen molar-refractivity contribution in [3.8, 4) is 11.8 Å². The SMILES string of the molecule is CCC(C)(C)c1c(O)[nH]c(O)c1C(C)(CC)CC. The Morgan fingerprint density at radius 1 is 0.833 bits per heavy atom. The average Bonchev–Trinajstić information content (AvgIpc) is 2.64. The molecule has 0 spiro atoms. The molecule has 0 fully saturated rings. The first-order chi connectivity index (χ1) is 8.23. The van der Waals surface area contributed by atoms with E-state index in [4.69, 9.17) is 0 Å². The average molecular weight is 253 g/mol. The molecule has 0 unspecified atom stereocenters. The van der Waals surface area contributed by atoms with Gasteiger partial charge in [0.15, 0.2) is 11.8 Å². The van der Waals surface area contributed by atoms with Crippen LogP contribution in [0.1, 0.15) is 71.9 Å². The molecule has 1 heterocycles. The van der Waals surface area contributed by atoms with Gasteiger partial charge < -0.3 is 10.2 Å². The Balaban J connectivity index is 3.54. The van der Waals surface area contributed by atoms with E-state index in [1.54, 1.807) is 0 Å². The largest absolute Gasteiger partial charge is 0.494 e. The van der Waals surface area contributed by atoms with E-state index in [0.29, 0.717) is 0 Å². The van der Waals surface area contributed by atoms with Crippen molar-refractivity contribution < 1.29 is 10.2 Å². The number of aromatic hydroxyl groups is 2. The number of rotatable bonds is 5. The Hall–Kier alpha value is -1.12. The molecule has 0 atom stereocenters. The van der Waals surface area contributed by atoms with E-state index in [1.165, 1.54) is 0 Å². The molecule has 1 aromatic rings. The van der Waals surface area contributed by atoms with Crippen molar-refractivity contribution in [3.05, 3.63) is 11.1 Å². The molecule has 3 heteroatoms. The van der Waals surface area contributed by atoms with Crippen molar-refractivity contribution in [1.82, 2.24) is 4.98 Å². The number of H-pyrrole nitrogens is 1. The molecule has 3 nitrogen and oxygen atoms in total. The van der Waals surface area contributed by atoms with Gasteiger partial charge in [-0.25, -0.2) is 0 Å². The molecule has 3 N–H and O–H groups in total. The molecule has 0 aliphatic carbocycles. The molecule has 0 saturated heterocycles. The van der Waals surface area contributed by atoms with Gasteiger partial charge in [-0.2, -0.15) is 0 Å². The lowest BCUT2D eigenvalue weighted by atomic mass is 9.71. The second kappa shape index (κ2) is 4.87. The normalized spacial score (nSPS) is 13.0. The van der Waals surface area contributed by atoms with Crippen molar-refractivity contribution >= 4 is 0 Å². The maximum Gasteiger partial charge on any atom is 0.195 e. The molecule has 104 valence electrons. The summed E-state index contributed by atoms with van der Waals surface area (Å²) in [6.07, 6.45) is 2.77. The highest BCUT2D eigenvalue weighted by Gasteiger charge is 2.37. The number of hydrogen-bond acceptors (Lipinski definition) is 2. The summed E-state index contributed by atoms with van der Waals surface area (Å²) in [4.78, 5) is 2.70. The zero-order valence-electron chi connectivity index (χ0n) is 12.5. The zero-order chi connectivity index (χ0) is 14.1. The molecule has 0 aliphatic rings. The molecule has 0 bridgehead atoms. The van der Waals surface area contributed by atoms with E-state index in [0.717, 1.165) is 30.4 Å². The minimum Gasteiger partial charge on any atom is -0.494 e. The first kappa shape index (κ1) is 14.9. The number of aromatic amines is 1. The summed E-state index contributed by atoms with van der Waals surface area (Å²) in [5.41, 5.74) is 1.50. The summed E-state index contributed by atoms with van der Waals surface area (Å²) >= 11 is 0. The molecule has 0 saturated carbocycles. The van der Waals surface area contributed by atoms with Crippen LogP contribution in [0.4, 0.5) is 0 Å². The smallest absolute Gasteiger partial charge is 0.195 e. The highest BCUT2D eigenvalue weighted by molar-refractivity contribution is 5.51. The van der Waals surface area contributed by atoms with Gasteiger partial charge in [0.25, 0.3) is 0 Å². The summed E-state index contributed by atoms with van der Waals surface area (Å²) in [5, 5.41) is 20.3. The Bertz CT molecular complexity index is 414. The van der Waals surface area contributed by atoms with E-state index in [1.807, 2.05) is 0 Å². The predicted molar refractivity (Wildman–Crippen MR) is 75.4 cm³/mol.